The Bertz CT molecular complexity index is 662. The van der Waals surface area contributed by atoms with Crippen molar-refractivity contribution in [3.05, 3.63) is 41.7 Å². The second-order valence-corrected chi connectivity index (χ2v) is 5.51. The van der Waals surface area contributed by atoms with E-state index in [0.717, 1.165) is 30.8 Å². The molecule has 1 aromatic carbocycles. The first-order valence-electron chi connectivity index (χ1n) is 7.87. The zero-order chi connectivity index (χ0) is 16.8. The Morgan fingerprint density at radius 3 is 2.92 bits per heavy atom. The summed E-state index contributed by atoms with van der Waals surface area (Å²) in [7, 11) is 1.62. The van der Waals surface area contributed by atoms with Crippen LogP contribution in [-0.2, 0) is 11.3 Å². The summed E-state index contributed by atoms with van der Waals surface area (Å²) in [5.74, 6) is 0.855. The Morgan fingerprint density at radius 1 is 1.38 bits per heavy atom. The number of methoxy groups -OCH3 is 1. The van der Waals surface area contributed by atoms with Gasteiger partial charge in [-0.25, -0.2) is 0 Å². The number of amides is 1. The van der Waals surface area contributed by atoms with Crippen molar-refractivity contribution in [1.82, 2.24) is 10.5 Å². The zero-order valence-corrected chi connectivity index (χ0v) is 13.5. The lowest BCUT2D eigenvalue weighted by atomic mass is 10.2. The highest BCUT2D eigenvalue weighted by molar-refractivity contribution is 5.91. The van der Waals surface area contributed by atoms with E-state index in [1.54, 1.807) is 7.11 Å². The first-order chi connectivity index (χ1) is 11.7. The molecule has 1 fully saturated rings. The molecule has 0 saturated carbocycles. The molecule has 1 atom stereocenters. The van der Waals surface area contributed by atoms with Gasteiger partial charge in [-0.1, -0.05) is 12.1 Å². The first-order valence-corrected chi connectivity index (χ1v) is 7.87. The molecule has 0 radical (unpaired) electrons. The largest absolute Gasteiger partial charge is 0.497 e. The second-order valence-electron chi connectivity index (χ2n) is 5.51. The third-order valence-electron chi connectivity index (χ3n) is 3.77. The lowest BCUT2D eigenvalue weighted by molar-refractivity contribution is 0.0827. The van der Waals surface area contributed by atoms with Crippen LogP contribution in [0.15, 0.2) is 34.9 Å². The van der Waals surface area contributed by atoms with Crippen LogP contribution in [-0.4, -0.2) is 37.4 Å². The van der Waals surface area contributed by atoms with Crippen LogP contribution in [0.3, 0.4) is 0 Å². The van der Waals surface area contributed by atoms with Crippen molar-refractivity contribution in [3.8, 4) is 11.6 Å². The molecule has 0 spiro atoms. The van der Waals surface area contributed by atoms with E-state index in [0.29, 0.717) is 13.2 Å². The number of nitrogens with zero attached hydrogens (tertiary/aromatic N) is 1. The lowest BCUT2D eigenvalue weighted by Crippen LogP contribution is -2.31. The van der Waals surface area contributed by atoms with Crippen molar-refractivity contribution in [3.63, 3.8) is 0 Å². The maximum atomic E-state index is 12.0. The van der Waals surface area contributed by atoms with Crippen molar-refractivity contribution in [1.29, 1.82) is 0 Å². The van der Waals surface area contributed by atoms with Crippen LogP contribution in [0.2, 0.25) is 0 Å². The van der Waals surface area contributed by atoms with Crippen LogP contribution in [0.5, 0.6) is 11.6 Å². The van der Waals surface area contributed by atoms with Crippen LogP contribution >= 0.6 is 0 Å². The molecular weight excluding hydrogens is 312 g/mol. The predicted molar refractivity (Wildman–Crippen MR) is 85.1 cm³/mol. The molecule has 3 rings (SSSR count). The molecule has 2 heterocycles. The smallest absolute Gasteiger partial charge is 0.290 e. The molecule has 0 bridgehead atoms. The monoisotopic (exact) mass is 332 g/mol. The highest BCUT2D eigenvalue weighted by Gasteiger charge is 2.19. The number of carbonyl (C=O) groups excluding carboxylic acids is 1. The summed E-state index contributed by atoms with van der Waals surface area (Å²) in [5.41, 5.74) is 0.961. The normalized spacial score (nSPS) is 16.8. The summed E-state index contributed by atoms with van der Waals surface area (Å²) in [6.07, 6.45) is 2.08. The van der Waals surface area contributed by atoms with Crippen molar-refractivity contribution in [2.24, 2.45) is 0 Å². The van der Waals surface area contributed by atoms with Gasteiger partial charge in [0, 0.05) is 13.2 Å². The van der Waals surface area contributed by atoms with Crippen LogP contribution in [0.25, 0.3) is 0 Å². The first kappa shape index (κ1) is 16.3. The average molecular weight is 332 g/mol. The summed E-state index contributed by atoms with van der Waals surface area (Å²) in [4.78, 5) is 12.0. The van der Waals surface area contributed by atoms with Crippen LogP contribution in [0.4, 0.5) is 0 Å². The van der Waals surface area contributed by atoms with Crippen LogP contribution < -0.4 is 14.8 Å². The van der Waals surface area contributed by atoms with E-state index in [1.807, 2.05) is 24.3 Å². The molecule has 128 valence electrons. The summed E-state index contributed by atoms with van der Waals surface area (Å²) < 4.78 is 21.1. The molecule has 7 nitrogen and oxygen atoms in total. The molecule has 1 aromatic heterocycles. The Balaban J connectivity index is 1.48. The minimum Gasteiger partial charge on any atom is -0.497 e. The third kappa shape index (κ3) is 4.26. The Hall–Kier alpha value is -2.54. The minimum atomic E-state index is -0.322. The van der Waals surface area contributed by atoms with Gasteiger partial charge in [0.15, 0.2) is 0 Å². The standard InChI is InChI=1S/C17H20N2O5/c1-21-13-6-4-12(5-7-13)11-23-16-9-15(24-19-16)17(20)18-10-14-3-2-8-22-14/h4-7,9,14H,2-3,8,10-11H2,1H3,(H,18,20)/t14-/m0/s1. The summed E-state index contributed by atoms with van der Waals surface area (Å²) >= 11 is 0. The van der Waals surface area contributed by atoms with Crippen LogP contribution in [0.1, 0.15) is 29.0 Å². The van der Waals surface area contributed by atoms with E-state index in [2.05, 4.69) is 10.5 Å². The molecular formula is C17H20N2O5. The fourth-order valence-electron chi connectivity index (χ4n) is 2.41. The number of aromatic nitrogens is 1. The predicted octanol–water partition coefficient (Wildman–Crippen LogP) is 2.17. The molecule has 1 aliphatic heterocycles. The van der Waals surface area contributed by atoms with Gasteiger partial charge in [-0.2, -0.15) is 0 Å². The number of carbonyl (C=O) groups is 1. The zero-order valence-electron chi connectivity index (χ0n) is 13.5. The molecule has 0 unspecified atom stereocenters. The maximum absolute atomic E-state index is 12.0. The number of hydrogen-bond acceptors (Lipinski definition) is 6. The molecule has 0 aliphatic carbocycles. The highest BCUT2D eigenvalue weighted by Crippen LogP contribution is 2.16. The Kier molecular flexibility index (Phi) is 5.32. The van der Waals surface area contributed by atoms with Gasteiger partial charge in [0.2, 0.25) is 5.76 Å². The lowest BCUT2D eigenvalue weighted by Gasteiger charge is -2.08. The van der Waals surface area contributed by atoms with E-state index in [4.69, 9.17) is 18.7 Å². The van der Waals surface area contributed by atoms with E-state index in [9.17, 15) is 4.79 Å². The van der Waals surface area contributed by atoms with Crippen molar-refractivity contribution in [2.45, 2.75) is 25.6 Å². The summed E-state index contributed by atoms with van der Waals surface area (Å²) in [5, 5.41) is 6.53. The second kappa shape index (κ2) is 7.83. The van der Waals surface area contributed by atoms with Gasteiger partial charge in [-0.05, 0) is 35.7 Å². The quantitative estimate of drug-likeness (QED) is 0.837. The molecule has 2 aromatic rings. The van der Waals surface area contributed by atoms with Gasteiger partial charge < -0.3 is 24.1 Å². The van der Waals surface area contributed by atoms with Crippen molar-refractivity contribution >= 4 is 5.91 Å². The van der Waals surface area contributed by atoms with Gasteiger partial charge in [0.05, 0.1) is 19.3 Å². The van der Waals surface area contributed by atoms with Gasteiger partial charge in [0.1, 0.15) is 12.4 Å². The number of ether oxygens (including phenoxy) is 3. The molecule has 7 heteroatoms. The Labute approximate surface area is 139 Å². The molecule has 1 aliphatic rings. The average Bonchev–Trinajstić information content (AvgIpc) is 3.30. The molecule has 24 heavy (non-hydrogen) atoms. The van der Waals surface area contributed by atoms with E-state index < -0.39 is 0 Å². The third-order valence-corrected chi connectivity index (χ3v) is 3.77. The van der Waals surface area contributed by atoms with Gasteiger partial charge in [-0.3, -0.25) is 4.79 Å². The van der Waals surface area contributed by atoms with Crippen molar-refractivity contribution in [2.75, 3.05) is 20.3 Å². The topological polar surface area (TPSA) is 82.8 Å². The van der Waals surface area contributed by atoms with E-state index >= 15 is 0 Å². The van der Waals surface area contributed by atoms with Gasteiger partial charge in [0.25, 0.3) is 11.8 Å². The molecule has 1 N–H and O–H groups in total. The summed E-state index contributed by atoms with van der Waals surface area (Å²) in [6, 6.07) is 8.98. The molecule has 1 amide bonds. The van der Waals surface area contributed by atoms with E-state index in [1.165, 1.54) is 6.07 Å². The van der Waals surface area contributed by atoms with Crippen LogP contribution in [0, 0.1) is 0 Å². The fraction of sp³-hybridized carbons (Fsp3) is 0.412. The minimum absolute atomic E-state index is 0.0858. The van der Waals surface area contributed by atoms with Crippen molar-refractivity contribution < 1.29 is 23.5 Å². The van der Waals surface area contributed by atoms with Gasteiger partial charge in [-0.15, -0.1) is 0 Å². The number of hydrogen-bond donors (Lipinski definition) is 1. The summed E-state index contributed by atoms with van der Waals surface area (Å²) in [6.45, 7) is 1.56. The fourth-order valence-corrected chi connectivity index (χ4v) is 2.41. The number of rotatable bonds is 7. The molecule has 1 saturated heterocycles. The maximum Gasteiger partial charge on any atom is 0.290 e. The number of nitrogens with one attached hydrogen (secondary N) is 1. The number of benzene rings is 1. The highest BCUT2D eigenvalue weighted by atomic mass is 16.5. The van der Waals surface area contributed by atoms with Gasteiger partial charge >= 0.3 is 0 Å². The SMILES string of the molecule is COc1ccc(COc2cc(C(=O)NC[C@@H]3CCCO3)on2)cc1. The van der Waals surface area contributed by atoms with E-state index in [-0.39, 0.29) is 23.7 Å². The Morgan fingerprint density at radius 2 is 2.21 bits per heavy atom.